The van der Waals surface area contributed by atoms with Crippen LogP contribution in [0.15, 0.2) is 36.8 Å². The van der Waals surface area contributed by atoms with Crippen LogP contribution in [0, 0.1) is 0 Å². The first-order valence-electron chi connectivity index (χ1n) is 9.83. The summed E-state index contributed by atoms with van der Waals surface area (Å²) in [6.45, 7) is 1.39. The number of unbranched alkanes of at least 4 members (excludes halogenated alkanes) is 1. The van der Waals surface area contributed by atoms with E-state index in [-0.39, 0.29) is 19.1 Å². The van der Waals surface area contributed by atoms with Crippen LogP contribution in [0.2, 0.25) is 0 Å². The van der Waals surface area contributed by atoms with Gasteiger partial charge >= 0.3 is 5.97 Å². The first kappa shape index (κ1) is 21.7. The number of aryl methyl sites for hydroxylation is 1. The Morgan fingerprint density at radius 3 is 2.76 bits per heavy atom. The van der Waals surface area contributed by atoms with Crippen molar-refractivity contribution in [3.63, 3.8) is 0 Å². The van der Waals surface area contributed by atoms with Crippen molar-refractivity contribution in [3.05, 3.63) is 42.4 Å². The number of hydrogen-bond donors (Lipinski definition) is 3. The molecule has 0 amide bonds. The first-order chi connectivity index (χ1) is 13.8. The third-order valence-electron chi connectivity index (χ3n) is 5.82. The zero-order valence-electron chi connectivity index (χ0n) is 16.7. The monoisotopic (exact) mass is 420 g/mol. The zero-order chi connectivity index (χ0) is 21.1. The molecule has 4 N–H and O–H groups in total. The largest absolute Gasteiger partial charge is 0.480 e. The highest BCUT2D eigenvalue weighted by Crippen LogP contribution is 2.59. The lowest BCUT2D eigenvalue weighted by molar-refractivity contribution is -0.141. The lowest BCUT2D eigenvalue weighted by Gasteiger charge is -2.43. The Labute approximate surface area is 170 Å². The molecular formula is C20H29N4O4P. The molecule has 2 aromatic rings. The Kier molecular flexibility index (Phi) is 6.58. The molecule has 0 aliphatic carbocycles. The molecule has 1 aromatic carbocycles. The Morgan fingerprint density at radius 2 is 2.10 bits per heavy atom. The van der Waals surface area contributed by atoms with E-state index in [9.17, 15) is 19.4 Å². The number of carboxylic acid groups (broad SMARTS) is 1. The Hall–Kier alpha value is -1.99. The molecule has 2 heterocycles. The Balaban J connectivity index is 1.87. The van der Waals surface area contributed by atoms with Crippen molar-refractivity contribution in [1.29, 1.82) is 0 Å². The fourth-order valence-corrected chi connectivity index (χ4v) is 6.30. The molecule has 3 rings (SSSR count). The van der Waals surface area contributed by atoms with Gasteiger partial charge in [-0.15, -0.1) is 0 Å². The van der Waals surface area contributed by atoms with Crippen molar-refractivity contribution in [1.82, 2.24) is 14.5 Å². The highest BCUT2D eigenvalue weighted by molar-refractivity contribution is 7.61. The van der Waals surface area contributed by atoms with Crippen LogP contribution in [0.1, 0.15) is 24.8 Å². The van der Waals surface area contributed by atoms with Gasteiger partial charge in [0.05, 0.1) is 18.2 Å². The molecule has 1 fully saturated rings. The summed E-state index contributed by atoms with van der Waals surface area (Å²) in [5.41, 5.74) is 8.57. The number of imidazole rings is 1. The fraction of sp³-hybridized carbons (Fsp3) is 0.500. The summed E-state index contributed by atoms with van der Waals surface area (Å²) < 4.78 is 14.9. The van der Waals surface area contributed by atoms with Crippen LogP contribution in [-0.2, 0) is 23.0 Å². The molecule has 1 saturated heterocycles. The van der Waals surface area contributed by atoms with E-state index in [4.69, 9.17) is 5.73 Å². The minimum absolute atomic E-state index is 0.0181. The van der Waals surface area contributed by atoms with Gasteiger partial charge in [0.15, 0.2) is 5.16 Å². The number of carboxylic acids is 1. The number of aromatic nitrogens is 2. The molecule has 0 bridgehead atoms. The van der Waals surface area contributed by atoms with E-state index < -0.39 is 18.5 Å². The van der Waals surface area contributed by atoms with Gasteiger partial charge < -0.3 is 20.3 Å². The number of rotatable bonds is 8. The standard InChI is InChI=1S/C20H29N4O4P/c1-23-15-22-12-18(23)17-7-3-2-6-16(17)13-24-10-11-29(27,28)20(14-24,19(25)26)8-4-5-9-21/h2-3,6-7,12,15H,4-5,8-11,13-14,21H2,1H3,(H,25,26)(H,27,28). The molecule has 9 heteroatoms. The summed E-state index contributed by atoms with van der Waals surface area (Å²) in [7, 11) is -1.90. The number of hydrogen-bond acceptors (Lipinski definition) is 5. The fourth-order valence-electron chi connectivity index (χ4n) is 4.09. The minimum Gasteiger partial charge on any atom is -0.480 e. The second-order valence-electron chi connectivity index (χ2n) is 7.77. The summed E-state index contributed by atoms with van der Waals surface area (Å²) in [6.07, 6.45) is 4.83. The van der Waals surface area contributed by atoms with E-state index in [0.29, 0.717) is 32.5 Å². The smallest absolute Gasteiger partial charge is 0.320 e. The molecular weight excluding hydrogens is 391 g/mol. The number of nitrogens with two attached hydrogens (primary N) is 1. The number of benzene rings is 1. The Bertz CT molecular complexity index is 915. The van der Waals surface area contributed by atoms with E-state index in [1.54, 1.807) is 12.5 Å². The summed E-state index contributed by atoms with van der Waals surface area (Å²) >= 11 is 0. The molecule has 2 atom stereocenters. The van der Waals surface area contributed by atoms with Gasteiger partial charge in [0.25, 0.3) is 0 Å². The van der Waals surface area contributed by atoms with Crippen LogP contribution in [0.5, 0.6) is 0 Å². The van der Waals surface area contributed by atoms with Crippen molar-refractivity contribution in [2.75, 3.05) is 25.8 Å². The lowest BCUT2D eigenvalue weighted by Crippen LogP contribution is -2.53. The van der Waals surface area contributed by atoms with Crippen molar-refractivity contribution in [2.45, 2.75) is 31.0 Å². The predicted octanol–water partition coefficient (Wildman–Crippen LogP) is 2.13. The summed E-state index contributed by atoms with van der Waals surface area (Å²) in [5.74, 6) is -1.19. The third-order valence-corrected chi connectivity index (χ3v) is 8.52. The maximum atomic E-state index is 12.9. The van der Waals surface area contributed by atoms with Gasteiger partial charge in [0.2, 0.25) is 7.37 Å². The Morgan fingerprint density at radius 1 is 1.34 bits per heavy atom. The van der Waals surface area contributed by atoms with Crippen LogP contribution in [0.4, 0.5) is 0 Å². The maximum absolute atomic E-state index is 12.9. The third kappa shape index (κ3) is 4.31. The number of carbonyl (C=O) groups is 1. The van der Waals surface area contributed by atoms with Gasteiger partial charge in [-0.25, -0.2) is 4.98 Å². The molecule has 1 aliphatic heterocycles. The molecule has 0 saturated carbocycles. The summed E-state index contributed by atoms with van der Waals surface area (Å²) in [6, 6.07) is 7.92. The van der Waals surface area contributed by atoms with Gasteiger partial charge in [0, 0.05) is 38.4 Å². The van der Waals surface area contributed by atoms with Gasteiger partial charge in [-0.1, -0.05) is 30.7 Å². The second-order valence-corrected chi connectivity index (χ2v) is 10.5. The topological polar surface area (TPSA) is 122 Å². The summed E-state index contributed by atoms with van der Waals surface area (Å²) in [4.78, 5) is 28.9. The van der Waals surface area contributed by atoms with Crippen LogP contribution < -0.4 is 5.73 Å². The van der Waals surface area contributed by atoms with E-state index in [0.717, 1.165) is 16.8 Å². The molecule has 2 unspecified atom stereocenters. The van der Waals surface area contributed by atoms with Crippen molar-refractivity contribution >= 4 is 13.3 Å². The van der Waals surface area contributed by atoms with E-state index in [1.165, 1.54) is 0 Å². The lowest BCUT2D eigenvalue weighted by atomic mass is 9.98. The molecule has 158 valence electrons. The summed E-state index contributed by atoms with van der Waals surface area (Å²) in [5, 5.41) is 8.31. The van der Waals surface area contributed by atoms with Crippen LogP contribution in [0.25, 0.3) is 11.3 Å². The number of nitrogens with zero attached hydrogens (tertiary/aromatic N) is 3. The molecule has 1 aliphatic rings. The van der Waals surface area contributed by atoms with E-state index in [2.05, 4.69) is 4.98 Å². The first-order valence-corrected chi connectivity index (χ1v) is 11.7. The van der Waals surface area contributed by atoms with Gasteiger partial charge in [-0.2, -0.15) is 0 Å². The average molecular weight is 420 g/mol. The number of aliphatic carboxylic acids is 1. The normalized spacial score (nSPS) is 25.2. The molecule has 0 radical (unpaired) electrons. The average Bonchev–Trinajstić information content (AvgIpc) is 3.10. The second kappa shape index (κ2) is 8.79. The van der Waals surface area contributed by atoms with Crippen LogP contribution >= 0.6 is 7.37 Å². The van der Waals surface area contributed by atoms with Gasteiger partial charge in [-0.3, -0.25) is 14.3 Å². The highest BCUT2D eigenvalue weighted by atomic mass is 31.2. The van der Waals surface area contributed by atoms with Gasteiger partial charge in [-0.05, 0) is 24.9 Å². The van der Waals surface area contributed by atoms with Crippen molar-refractivity contribution in [3.8, 4) is 11.3 Å². The van der Waals surface area contributed by atoms with E-state index in [1.807, 2.05) is 40.8 Å². The van der Waals surface area contributed by atoms with Gasteiger partial charge in [0.1, 0.15) is 0 Å². The SMILES string of the molecule is Cn1cncc1-c1ccccc1CN1CCP(=O)(O)C(CCCCN)(C(=O)O)C1. The van der Waals surface area contributed by atoms with Crippen LogP contribution in [0.3, 0.4) is 0 Å². The molecule has 1 aromatic heterocycles. The highest BCUT2D eigenvalue weighted by Gasteiger charge is 2.56. The maximum Gasteiger partial charge on any atom is 0.320 e. The van der Waals surface area contributed by atoms with Crippen molar-refractivity contribution in [2.24, 2.45) is 12.8 Å². The van der Waals surface area contributed by atoms with E-state index >= 15 is 0 Å². The van der Waals surface area contributed by atoms with Crippen molar-refractivity contribution < 1.29 is 19.4 Å². The zero-order valence-corrected chi connectivity index (χ0v) is 17.6. The predicted molar refractivity (Wildman–Crippen MR) is 112 cm³/mol. The molecule has 0 spiro atoms. The minimum atomic E-state index is -3.83. The quantitative estimate of drug-likeness (QED) is 0.442. The molecule has 29 heavy (non-hydrogen) atoms. The molecule has 8 nitrogen and oxygen atoms in total. The van der Waals surface area contributed by atoms with Crippen LogP contribution in [-0.4, -0.2) is 61.4 Å².